The minimum absolute atomic E-state index is 0.156. The maximum atomic E-state index is 12.1. The molecule has 1 saturated heterocycles. The van der Waals surface area contributed by atoms with Crippen LogP contribution in [0.5, 0.6) is 0 Å². The number of hydrogen-bond acceptors (Lipinski definition) is 5. The van der Waals surface area contributed by atoms with Crippen LogP contribution in [0.15, 0.2) is 12.3 Å². The molecule has 0 spiro atoms. The molecule has 1 aliphatic rings. The van der Waals surface area contributed by atoms with E-state index in [2.05, 4.69) is 32.7 Å². The number of halogens is 1. The van der Waals surface area contributed by atoms with Crippen LogP contribution in [0.3, 0.4) is 0 Å². The summed E-state index contributed by atoms with van der Waals surface area (Å²) < 4.78 is 13.5. The van der Waals surface area contributed by atoms with E-state index >= 15 is 0 Å². The summed E-state index contributed by atoms with van der Waals surface area (Å²) in [6.45, 7) is 2.82. The van der Waals surface area contributed by atoms with Gasteiger partial charge < -0.3 is 9.47 Å². The molecule has 21 heavy (non-hydrogen) atoms. The predicted molar refractivity (Wildman–Crippen MR) is 85.0 cm³/mol. The van der Waals surface area contributed by atoms with E-state index < -0.39 is 5.97 Å². The van der Waals surface area contributed by atoms with E-state index in [0.29, 0.717) is 24.6 Å². The molecule has 1 atom stereocenters. The lowest BCUT2D eigenvalue weighted by atomic mass is 10.2. The Morgan fingerprint density at radius 2 is 2.43 bits per heavy atom. The van der Waals surface area contributed by atoms with Crippen molar-refractivity contribution in [2.45, 2.75) is 32.4 Å². The normalized spacial score (nSPS) is 18.9. The summed E-state index contributed by atoms with van der Waals surface area (Å²) in [7, 11) is 0. The summed E-state index contributed by atoms with van der Waals surface area (Å²) >= 11 is 2.17. The van der Waals surface area contributed by atoms with Crippen LogP contribution in [0.25, 0.3) is 11.0 Å². The molecule has 1 fully saturated rings. The number of carbonyl (C=O) groups excluding carboxylic acids is 1. The molecule has 7 heteroatoms. The van der Waals surface area contributed by atoms with Gasteiger partial charge in [0.1, 0.15) is 0 Å². The highest BCUT2D eigenvalue weighted by Crippen LogP contribution is 2.28. The van der Waals surface area contributed by atoms with Gasteiger partial charge >= 0.3 is 5.97 Å². The SMILES string of the molecule is CCOC(=O)c1nn(C2CCCCO2)c2ncc(I)cc12. The van der Waals surface area contributed by atoms with Crippen LogP contribution in [-0.2, 0) is 9.47 Å². The fourth-order valence-corrected chi connectivity index (χ4v) is 2.92. The number of hydrogen-bond donors (Lipinski definition) is 0. The molecular weight excluding hydrogens is 385 g/mol. The molecule has 0 N–H and O–H groups in total. The average Bonchev–Trinajstić information content (AvgIpc) is 2.87. The summed E-state index contributed by atoms with van der Waals surface area (Å²) in [4.78, 5) is 16.5. The van der Waals surface area contributed by atoms with Crippen molar-refractivity contribution in [2.75, 3.05) is 13.2 Å². The van der Waals surface area contributed by atoms with Crippen LogP contribution in [0.1, 0.15) is 42.9 Å². The number of aromatic nitrogens is 3. The molecule has 0 aromatic carbocycles. The van der Waals surface area contributed by atoms with E-state index in [-0.39, 0.29) is 6.23 Å². The molecule has 1 unspecified atom stereocenters. The molecule has 2 aromatic rings. The number of ether oxygens (including phenoxy) is 2. The summed E-state index contributed by atoms with van der Waals surface area (Å²) in [5.74, 6) is -0.416. The first kappa shape index (κ1) is 14.7. The van der Waals surface area contributed by atoms with Gasteiger partial charge in [0.25, 0.3) is 0 Å². The zero-order valence-corrected chi connectivity index (χ0v) is 13.9. The van der Waals surface area contributed by atoms with Gasteiger partial charge in [-0.2, -0.15) is 5.10 Å². The third-order valence-electron chi connectivity index (χ3n) is 3.41. The summed E-state index contributed by atoms with van der Waals surface area (Å²) in [5, 5.41) is 5.14. The lowest BCUT2D eigenvalue weighted by molar-refractivity contribution is -0.0372. The number of pyridine rings is 1. The number of carbonyl (C=O) groups is 1. The van der Waals surface area contributed by atoms with Crippen LogP contribution >= 0.6 is 22.6 Å². The van der Waals surface area contributed by atoms with E-state index in [4.69, 9.17) is 9.47 Å². The highest BCUT2D eigenvalue weighted by atomic mass is 127. The van der Waals surface area contributed by atoms with Gasteiger partial charge in [0.05, 0.1) is 12.0 Å². The van der Waals surface area contributed by atoms with Crippen molar-refractivity contribution < 1.29 is 14.3 Å². The van der Waals surface area contributed by atoms with Gasteiger partial charge in [0.2, 0.25) is 0 Å². The minimum Gasteiger partial charge on any atom is -0.461 e. The fraction of sp³-hybridized carbons (Fsp3) is 0.500. The Bertz CT molecular complexity index is 665. The number of rotatable bonds is 3. The first-order valence-electron chi connectivity index (χ1n) is 7.03. The molecule has 112 valence electrons. The van der Waals surface area contributed by atoms with Gasteiger partial charge in [-0.25, -0.2) is 14.5 Å². The van der Waals surface area contributed by atoms with E-state index in [1.165, 1.54) is 0 Å². The van der Waals surface area contributed by atoms with Gasteiger partial charge in [-0.3, -0.25) is 0 Å². The second kappa shape index (κ2) is 6.27. The van der Waals surface area contributed by atoms with E-state index in [0.717, 1.165) is 28.2 Å². The second-order valence-corrected chi connectivity index (χ2v) is 6.11. The first-order chi connectivity index (χ1) is 10.2. The van der Waals surface area contributed by atoms with E-state index in [1.54, 1.807) is 17.8 Å². The quantitative estimate of drug-likeness (QED) is 0.585. The van der Waals surface area contributed by atoms with E-state index in [9.17, 15) is 4.79 Å². The van der Waals surface area contributed by atoms with Gasteiger partial charge in [-0.05, 0) is 54.8 Å². The summed E-state index contributed by atoms with van der Waals surface area (Å²) in [6.07, 6.45) is 4.64. The Labute approximate surface area is 136 Å². The van der Waals surface area contributed by atoms with Gasteiger partial charge in [0, 0.05) is 16.4 Å². The first-order valence-corrected chi connectivity index (χ1v) is 8.11. The van der Waals surface area contributed by atoms with Crippen molar-refractivity contribution in [1.82, 2.24) is 14.8 Å². The van der Waals surface area contributed by atoms with Crippen LogP contribution in [0, 0.1) is 3.57 Å². The Morgan fingerprint density at radius 3 is 3.14 bits per heavy atom. The molecule has 3 rings (SSSR count). The molecule has 1 aliphatic heterocycles. The van der Waals surface area contributed by atoms with Crippen molar-refractivity contribution in [3.63, 3.8) is 0 Å². The lowest BCUT2D eigenvalue weighted by Crippen LogP contribution is -2.20. The topological polar surface area (TPSA) is 66.2 Å². The molecule has 0 aliphatic carbocycles. The maximum absolute atomic E-state index is 12.1. The highest BCUT2D eigenvalue weighted by molar-refractivity contribution is 14.1. The van der Waals surface area contributed by atoms with Crippen LogP contribution in [-0.4, -0.2) is 33.9 Å². The molecule has 0 radical (unpaired) electrons. The van der Waals surface area contributed by atoms with E-state index in [1.807, 2.05) is 6.07 Å². The van der Waals surface area contributed by atoms with Gasteiger partial charge in [-0.1, -0.05) is 0 Å². The third kappa shape index (κ3) is 2.89. The monoisotopic (exact) mass is 401 g/mol. The molecule has 2 aromatic heterocycles. The zero-order valence-electron chi connectivity index (χ0n) is 11.7. The molecule has 0 saturated carbocycles. The summed E-state index contributed by atoms with van der Waals surface area (Å²) in [6, 6.07) is 1.90. The molecule has 6 nitrogen and oxygen atoms in total. The largest absolute Gasteiger partial charge is 0.461 e. The number of nitrogens with zero attached hydrogens (tertiary/aromatic N) is 3. The Kier molecular flexibility index (Phi) is 4.39. The maximum Gasteiger partial charge on any atom is 0.359 e. The van der Waals surface area contributed by atoms with Gasteiger partial charge in [-0.15, -0.1) is 0 Å². The summed E-state index contributed by atoms with van der Waals surface area (Å²) in [5.41, 5.74) is 0.984. The molecule has 3 heterocycles. The number of fused-ring (bicyclic) bond motifs is 1. The second-order valence-electron chi connectivity index (χ2n) is 4.86. The Hall–Kier alpha value is -1.22. The minimum atomic E-state index is -0.416. The van der Waals surface area contributed by atoms with Crippen LogP contribution in [0.2, 0.25) is 0 Å². The fourth-order valence-electron chi connectivity index (χ4n) is 2.47. The number of esters is 1. The van der Waals surface area contributed by atoms with Crippen molar-refractivity contribution >= 4 is 39.6 Å². The van der Waals surface area contributed by atoms with Gasteiger partial charge in [0.15, 0.2) is 17.6 Å². The van der Waals surface area contributed by atoms with Crippen molar-refractivity contribution in [2.24, 2.45) is 0 Å². The standard InChI is InChI=1S/C14H16IN3O3/c1-2-20-14(19)12-10-7-9(15)8-16-13(10)18(17-12)11-5-3-4-6-21-11/h7-8,11H,2-6H2,1H3. The smallest absolute Gasteiger partial charge is 0.359 e. The average molecular weight is 401 g/mol. The Balaban J connectivity index is 2.09. The lowest BCUT2D eigenvalue weighted by Gasteiger charge is -2.22. The van der Waals surface area contributed by atoms with Crippen LogP contribution in [0.4, 0.5) is 0 Å². The Morgan fingerprint density at radius 1 is 1.57 bits per heavy atom. The van der Waals surface area contributed by atoms with Crippen molar-refractivity contribution in [1.29, 1.82) is 0 Å². The van der Waals surface area contributed by atoms with Crippen molar-refractivity contribution in [3.8, 4) is 0 Å². The molecular formula is C14H16IN3O3. The van der Waals surface area contributed by atoms with Crippen molar-refractivity contribution in [3.05, 3.63) is 21.5 Å². The molecule has 0 amide bonds. The molecule has 0 bridgehead atoms. The predicted octanol–water partition coefficient (Wildman–Crippen LogP) is 2.91. The highest BCUT2D eigenvalue weighted by Gasteiger charge is 2.25. The third-order valence-corrected chi connectivity index (χ3v) is 4.00. The van der Waals surface area contributed by atoms with Crippen LogP contribution < -0.4 is 0 Å². The zero-order chi connectivity index (χ0) is 14.8.